The molecule has 22 heavy (non-hydrogen) atoms. The van der Waals surface area contributed by atoms with Gasteiger partial charge in [-0.25, -0.2) is 10.3 Å². The quantitative estimate of drug-likeness (QED) is 0.799. The van der Waals surface area contributed by atoms with Crippen molar-refractivity contribution in [3.63, 3.8) is 0 Å². The first-order chi connectivity index (χ1) is 10.1. The molecule has 118 valence electrons. The zero-order valence-electron chi connectivity index (χ0n) is 14.4. The summed E-state index contributed by atoms with van der Waals surface area (Å²) < 4.78 is 0. The van der Waals surface area contributed by atoms with Gasteiger partial charge in [0.1, 0.15) is 0 Å². The van der Waals surface area contributed by atoms with Crippen molar-refractivity contribution in [3.05, 3.63) is 47.7 Å². The summed E-state index contributed by atoms with van der Waals surface area (Å²) in [6.07, 6.45) is 1.86. The lowest BCUT2D eigenvalue weighted by atomic mass is 9.79. The Balaban J connectivity index is 2.57. The number of pyridine rings is 1. The molecule has 0 saturated carbocycles. The average Bonchev–Trinajstić information content (AvgIpc) is 2.39. The summed E-state index contributed by atoms with van der Waals surface area (Å²) in [4.78, 5) is 3.14. The van der Waals surface area contributed by atoms with Crippen molar-refractivity contribution in [2.24, 2.45) is 0 Å². The van der Waals surface area contributed by atoms with Crippen LogP contribution in [0.5, 0.6) is 5.75 Å². The van der Waals surface area contributed by atoms with Gasteiger partial charge in [0, 0.05) is 11.6 Å². The molecule has 0 atom stereocenters. The highest BCUT2D eigenvalue weighted by Crippen LogP contribution is 2.40. The third kappa shape index (κ3) is 3.59. The number of H-pyrrole nitrogens is 1. The molecule has 0 spiro atoms. The van der Waals surface area contributed by atoms with Gasteiger partial charge >= 0.3 is 0 Å². The van der Waals surface area contributed by atoms with E-state index in [1.54, 1.807) is 0 Å². The van der Waals surface area contributed by atoms with Crippen LogP contribution < -0.4 is 10.3 Å². The van der Waals surface area contributed by atoms with Crippen LogP contribution in [0.2, 0.25) is 0 Å². The molecule has 0 saturated heterocycles. The van der Waals surface area contributed by atoms with Crippen molar-refractivity contribution >= 4 is 11.5 Å². The lowest BCUT2D eigenvalue weighted by molar-refractivity contribution is -0.360. The molecule has 0 aliphatic heterocycles. The first kappa shape index (κ1) is 16.3. The van der Waals surface area contributed by atoms with Gasteiger partial charge in [0.2, 0.25) is 0 Å². The number of benzene rings is 1. The van der Waals surface area contributed by atoms with Gasteiger partial charge in [-0.3, -0.25) is 0 Å². The summed E-state index contributed by atoms with van der Waals surface area (Å²) in [5, 5.41) is 14.0. The predicted molar refractivity (Wildman–Crippen MR) is 91.8 cm³/mol. The monoisotopic (exact) mass is 299 g/mol. The number of aromatic nitrogens is 1. The van der Waals surface area contributed by atoms with Gasteiger partial charge in [-0.05, 0) is 28.5 Å². The van der Waals surface area contributed by atoms with Crippen LogP contribution in [0.15, 0.2) is 36.5 Å². The molecule has 0 aliphatic rings. The molecule has 3 N–H and O–H groups in total. The van der Waals surface area contributed by atoms with Gasteiger partial charge in [-0.2, -0.15) is 0 Å². The van der Waals surface area contributed by atoms with E-state index in [1.807, 2.05) is 30.5 Å². The Hall–Kier alpha value is -2.03. The number of aromatic amines is 1. The van der Waals surface area contributed by atoms with Crippen LogP contribution in [0.3, 0.4) is 0 Å². The standard InChI is InChI=1S/C19H26N2O/c1-18(2,3)13-11-14(19(4,5)6)17(22)15(12-13)21-16-9-7-8-10-20-16/h7-12,22H,1-6H3,(H,20,21)/p+1. The van der Waals surface area contributed by atoms with Gasteiger partial charge in [-0.15, -0.1) is 0 Å². The Morgan fingerprint density at radius 1 is 0.955 bits per heavy atom. The van der Waals surface area contributed by atoms with Gasteiger partial charge in [0.05, 0.1) is 6.20 Å². The molecule has 0 amide bonds. The maximum absolute atomic E-state index is 10.7. The van der Waals surface area contributed by atoms with Gasteiger partial charge in [0.15, 0.2) is 11.4 Å². The van der Waals surface area contributed by atoms with Crippen molar-refractivity contribution in [1.82, 2.24) is 0 Å². The number of aromatic hydroxyl groups is 1. The van der Waals surface area contributed by atoms with Crippen LogP contribution in [0.1, 0.15) is 52.7 Å². The number of nitrogens with one attached hydrogen (secondary N) is 2. The van der Waals surface area contributed by atoms with E-state index in [0.29, 0.717) is 5.75 Å². The second-order valence-electron chi connectivity index (χ2n) is 7.82. The first-order valence-corrected chi connectivity index (χ1v) is 7.71. The van der Waals surface area contributed by atoms with Crippen LogP contribution in [0, 0.1) is 0 Å². The molecule has 3 nitrogen and oxygen atoms in total. The maximum Gasteiger partial charge on any atom is 0.277 e. The summed E-state index contributed by atoms with van der Waals surface area (Å²) >= 11 is 0. The van der Waals surface area contributed by atoms with E-state index in [-0.39, 0.29) is 10.8 Å². The molecule has 0 unspecified atom stereocenters. The summed E-state index contributed by atoms with van der Waals surface area (Å²) in [6.45, 7) is 12.9. The Bertz CT molecular complexity index is 650. The van der Waals surface area contributed by atoms with Gasteiger partial charge in [0.25, 0.3) is 5.82 Å². The fourth-order valence-corrected chi connectivity index (χ4v) is 2.35. The smallest absolute Gasteiger partial charge is 0.277 e. The minimum absolute atomic E-state index is 0.0184. The maximum atomic E-state index is 10.7. The second-order valence-corrected chi connectivity index (χ2v) is 7.82. The van der Waals surface area contributed by atoms with Crippen LogP contribution in [0.4, 0.5) is 11.5 Å². The molecular weight excluding hydrogens is 272 g/mol. The van der Waals surface area contributed by atoms with Gasteiger partial charge in [-0.1, -0.05) is 53.7 Å². The lowest BCUT2D eigenvalue weighted by Crippen LogP contribution is -2.18. The molecule has 1 aromatic heterocycles. The Morgan fingerprint density at radius 3 is 2.14 bits per heavy atom. The second kappa shape index (κ2) is 5.64. The van der Waals surface area contributed by atoms with Crippen molar-refractivity contribution in [2.45, 2.75) is 52.4 Å². The zero-order chi connectivity index (χ0) is 16.5. The van der Waals surface area contributed by atoms with Crippen LogP contribution in [0.25, 0.3) is 0 Å². The van der Waals surface area contributed by atoms with Crippen molar-refractivity contribution in [3.8, 4) is 5.75 Å². The molecule has 1 aromatic carbocycles. The normalized spacial score (nSPS) is 12.3. The van der Waals surface area contributed by atoms with Crippen molar-refractivity contribution < 1.29 is 10.1 Å². The Morgan fingerprint density at radius 2 is 1.64 bits per heavy atom. The van der Waals surface area contributed by atoms with E-state index in [0.717, 1.165) is 17.1 Å². The van der Waals surface area contributed by atoms with Gasteiger partial charge < -0.3 is 5.11 Å². The van der Waals surface area contributed by atoms with Crippen LogP contribution in [-0.4, -0.2) is 5.11 Å². The number of hydrogen-bond donors (Lipinski definition) is 2. The number of phenolic OH excluding ortho intramolecular Hbond substituents is 1. The van der Waals surface area contributed by atoms with Crippen molar-refractivity contribution in [1.29, 1.82) is 0 Å². The molecule has 2 rings (SSSR count). The van der Waals surface area contributed by atoms with E-state index in [2.05, 4.69) is 57.9 Å². The zero-order valence-corrected chi connectivity index (χ0v) is 14.4. The predicted octanol–water partition coefficient (Wildman–Crippen LogP) is 4.54. The minimum atomic E-state index is -0.123. The highest BCUT2D eigenvalue weighted by Gasteiger charge is 2.26. The molecule has 2 aromatic rings. The highest BCUT2D eigenvalue weighted by atomic mass is 16.3. The van der Waals surface area contributed by atoms with Crippen LogP contribution >= 0.6 is 0 Å². The summed E-state index contributed by atoms with van der Waals surface area (Å²) in [5.74, 6) is 1.17. The fourth-order valence-electron chi connectivity index (χ4n) is 2.35. The SMILES string of the molecule is CC(C)(C)c1cc(Nc2cccc[nH+]2)c(O)c(C(C)(C)C)c1. The van der Waals surface area contributed by atoms with Crippen LogP contribution in [-0.2, 0) is 10.8 Å². The molecular formula is C19H27N2O+. The molecule has 0 radical (unpaired) electrons. The summed E-state index contributed by atoms with van der Waals surface area (Å²) in [5.41, 5.74) is 2.79. The number of rotatable bonds is 2. The van der Waals surface area contributed by atoms with E-state index in [9.17, 15) is 5.11 Å². The molecule has 1 heterocycles. The third-order valence-corrected chi connectivity index (χ3v) is 3.76. The topological polar surface area (TPSA) is 46.4 Å². The van der Waals surface area contributed by atoms with E-state index in [1.165, 1.54) is 5.56 Å². The largest absolute Gasteiger partial charge is 0.504 e. The molecule has 0 bridgehead atoms. The fraction of sp³-hybridized carbons (Fsp3) is 0.421. The number of phenols is 1. The third-order valence-electron chi connectivity index (χ3n) is 3.76. The minimum Gasteiger partial charge on any atom is -0.504 e. The number of hydrogen-bond acceptors (Lipinski definition) is 2. The van der Waals surface area contributed by atoms with E-state index in [4.69, 9.17) is 0 Å². The molecule has 0 fully saturated rings. The summed E-state index contributed by atoms with van der Waals surface area (Å²) in [7, 11) is 0. The highest BCUT2D eigenvalue weighted by molar-refractivity contribution is 5.67. The van der Waals surface area contributed by atoms with Crippen molar-refractivity contribution in [2.75, 3.05) is 5.32 Å². The Labute approximate surface area is 133 Å². The van der Waals surface area contributed by atoms with E-state index < -0.39 is 0 Å². The van der Waals surface area contributed by atoms with E-state index >= 15 is 0 Å². The summed E-state index contributed by atoms with van der Waals surface area (Å²) in [6, 6.07) is 9.98. The molecule has 3 heteroatoms. The average molecular weight is 299 g/mol. The number of anilines is 2. The first-order valence-electron chi connectivity index (χ1n) is 7.71. The Kier molecular flexibility index (Phi) is 4.19. The molecule has 0 aliphatic carbocycles. The lowest BCUT2D eigenvalue weighted by Gasteiger charge is -2.26.